The van der Waals surface area contributed by atoms with Crippen molar-refractivity contribution in [3.05, 3.63) is 47.4 Å². The second-order valence-electron chi connectivity index (χ2n) is 5.24. The maximum Gasteiger partial charge on any atom is 0.243 e. The van der Waals surface area contributed by atoms with Crippen molar-refractivity contribution in [3.63, 3.8) is 0 Å². The highest BCUT2D eigenvalue weighted by molar-refractivity contribution is 7.89. The zero-order valence-corrected chi connectivity index (χ0v) is 14.4. The average molecular weight is 369 g/mol. The van der Waals surface area contributed by atoms with Gasteiger partial charge in [0.2, 0.25) is 10.0 Å². The smallest absolute Gasteiger partial charge is 0.243 e. The molecule has 1 aliphatic heterocycles. The molecule has 0 saturated carbocycles. The topological polar surface area (TPSA) is 84.4 Å². The van der Waals surface area contributed by atoms with Crippen molar-refractivity contribution in [1.29, 1.82) is 0 Å². The van der Waals surface area contributed by atoms with E-state index in [0.717, 1.165) is 5.56 Å². The Balaban J connectivity index is 1.66. The summed E-state index contributed by atoms with van der Waals surface area (Å²) in [5.74, 6) is 0.563. The highest BCUT2D eigenvalue weighted by Crippen LogP contribution is 2.18. The molecule has 0 aliphatic carbocycles. The third kappa shape index (κ3) is 4.02. The fraction of sp³-hybridized carbons (Fsp3) is 0.333. The molecule has 2 heterocycles. The average Bonchev–Trinajstić information content (AvgIpc) is 2.61. The number of sulfonamides is 1. The zero-order chi connectivity index (χ0) is 17.0. The van der Waals surface area contributed by atoms with E-state index in [1.165, 1.54) is 10.5 Å². The standard InChI is InChI=1S/C15H17ClN4O3S/c16-14-10-17-11-15(19-14)18-9-12-1-3-13(4-2-12)24(21,22)20-5-7-23-8-6-20/h1-4,10-11H,5-9H2,(H,18,19). The summed E-state index contributed by atoms with van der Waals surface area (Å²) in [5, 5.41) is 3.40. The molecule has 3 rings (SSSR count). The van der Waals surface area contributed by atoms with Gasteiger partial charge in [0.1, 0.15) is 11.0 Å². The Labute approximate surface area is 145 Å². The van der Waals surface area contributed by atoms with E-state index in [-0.39, 0.29) is 4.90 Å². The largest absolute Gasteiger partial charge is 0.379 e. The summed E-state index contributed by atoms with van der Waals surface area (Å²) >= 11 is 5.78. The molecule has 128 valence electrons. The van der Waals surface area contributed by atoms with Crippen LogP contribution >= 0.6 is 11.6 Å². The van der Waals surface area contributed by atoms with Crippen LogP contribution in [-0.4, -0.2) is 49.0 Å². The van der Waals surface area contributed by atoms with Crippen molar-refractivity contribution in [2.75, 3.05) is 31.6 Å². The summed E-state index contributed by atoms with van der Waals surface area (Å²) in [6.07, 6.45) is 3.03. The van der Waals surface area contributed by atoms with E-state index in [4.69, 9.17) is 16.3 Å². The number of rotatable bonds is 5. The van der Waals surface area contributed by atoms with Gasteiger partial charge in [-0.3, -0.25) is 4.98 Å². The molecule has 24 heavy (non-hydrogen) atoms. The molecule has 1 aromatic carbocycles. The van der Waals surface area contributed by atoms with Gasteiger partial charge in [-0.15, -0.1) is 0 Å². The summed E-state index contributed by atoms with van der Waals surface area (Å²) in [4.78, 5) is 8.31. The lowest BCUT2D eigenvalue weighted by Gasteiger charge is -2.26. The van der Waals surface area contributed by atoms with Crippen LogP contribution in [0.4, 0.5) is 5.82 Å². The first-order valence-corrected chi connectivity index (χ1v) is 9.26. The first-order valence-electron chi connectivity index (χ1n) is 7.44. The molecule has 1 aromatic heterocycles. The van der Waals surface area contributed by atoms with Gasteiger partial charge in [0.15, 0.2) is 0 Å². The molecule has 1 aliphatic rings. The fourth-order valence-corrected chi connectivity index (χ4v) is 3.89. The molecule has 9 heteroatoms. The number of morpholine rings is 1. The van der Waals surface area contributed by atoms with E-state index < -0.39 is 10.0 Å². The number of nitrogens with one attached hydrogen (secondary N) is 1. The highest BCUT2D eigenvalue weighted by atomic mass is 35.5. The molecular weight excluding hydrogens is 352 g/mol. The van der Waals surface area contributed by atoms with Crippen molar-refractivity contribution in [2.24, 2.45) is 0 Å². The first kappa shape index (κ1) is 17.1. The van der Waals surface area contributed by atoms with Crippen LogP contribution < -0.4 is 5.32 Å². The van der Waals surface area contributed by atoms with Gasteiger partial charge >= 0.3 is 0 Å². The molecule has 7 nitrogen and oxygen atoms in total. The van der Waals surface area contributed by atoms with Crippen LogP contribution in [0.5, 0.6) is 0 Å². The third-order valence-corrected chi connectivity index (χ3v) is 5.70. The molecule has 0 unspecified atom stereocenters. The van der Waals surface area contributed by atoms with Crippen LogP contribution in [0.15, 0.2) is 41.6 Å². The molecule has 1 saturated heterocycles. The lowest BCUT2D eigenvalue weighted by atomic mass is 10.2. The first-order chi connectivity index (χ1) is 11.6. The van der Waals surface area contributed by atoms with Crippen LogP contribution in [0.2, 0.25) is 5.15 Å². The predicted molar refractivity (Wildman–Crippen MR) is 90.4 cm³/mol. The zero-order valence-electron chi connectivity index (χ0n) is 12.9. The number of anilines is 1. The predicted octanol–water partition coefficient (Wildman–Crippen LogP) is 1.76. The number of aromatic nitrogens is 2. The fourth-order valence-electron chi connectivity index (χ4n) is 2.34. The van der Waals surface area contributed by atoms with E-state index in [1.807, 2.05) is 0 Å². The quantitative estimate of drug-likeness (QED) is 0.865. The highest BCUT2D eigenvalue weighted by Gasteiger charge is 2.25. The minimum absolute atomic E-state index is 0.288. The SMILES string of the molecule is O=S(=O)(c1ccc(CNc2cncc(Cl)n2)cc1)N1CCOCC1. The maximum atomic E-state index is 12.5. The monoisotopic (exact) mass is 368 g/mol. The van der Waals surface area contributed by atoms with Gasteiger partial charge in [-0.1, -0.05) is 23.7 Å². The van der Waals surface area contributed by atoms with E-state index in [0.29, 0.717) is 43.8 Å². The van der Waals surface area contributed by atoms with Crippen molar-refractivity contribution >= 4 is 27.4 Å². The second kappa shape index (κ2) is 7.43. The number of halogens is 1. The Morgan fingerprint density at radius 3 is 2.54 bits per heavy atom. The van der Waals surface area contributed by atoms with Crippen molar-refractivity contribution in [1.82, 2.24) is 14.3 Å². The molecule has 0 atom stereocenters. The Hall–Kier alpha value is -1.74. The second-order valence-corrected chi connectivity index (χ2v) is 7.57. The van der Waals surface area contributed by atoms with Gasteiger partial charge in [-0.25, -0.2) is 13.4 Å². The summed E-state index contributed by atoms with van der Waals surface area (Å²) in [6.45, 7) is 2.13. The normalized spacial score (nSPS) is 16.0. The Morgan fingerprint density at radius 2 is 1.88 bits per heavy atom. The molecule has 1 fully saturated rings. The molecule has 0 bridgehead atoms. The Bertz CT molecular complexity index is 793. The van der Waals surface area contributed by atoms with Crippen LogP contribution in [-0.2, 0) is 21.3 Å². The van der Waals surface area contributed by atoms with Crippen molar-refractivity contribution in [3.8, 4) is 0 Å². The third-order valence-electron chi connectivity index (χ3n) is 3.61. The summed E-state index contributed by atoms with van der Waals surface area (Å²) in [7, 11) is -3.46. The number of hydrogen-bond acceptors (Lipinski definition) is 6. The molecule has 1 N–H and O–H groups in total. The van der Waals surface area contributed by atoms with Gasteiger partial charge in [-0.05, 0) is 17.7 Å². The lowest BCUT2D eigenvalue weighted by molar-refractivity contribution is 0.0730. The number of benzene rings is 1. The minimum Gasteiger partial charge on any atom is -0.379 e. The summed E-state index contributed by atoms with van der Waals surface area (Å²) in [6, 6.07) is 6.79. The molecule has 0 spiro atoms. The molecule has 0 radical (unpaired) electrons. The number of hydrogen-bond donors (Lipinski definition) is 1. The van der Waals surface area contributed by atoms with Gasteiger partial charge in [0.25, 0.3) is 0 Å². The van der Waals surface area contributed by atoms with Gasteiger partial charge < -0.3 is 10.1 Å². The molecule has 2 aromatic rings. The maximum absolute atomic E-state index is 12.5. The summed E-state index contributed by atoms with van der Waals surface area (Å²) in [5.41, 5.74) is 0.928. The summed E-state index contributed by atoms with van der Waals surface area (Å²) < 4.78 is 31.7. The van der Waals surface area contributed by atoms with Gasteiger partial charge in [0.05, 0.1) is 30.5 Å². The van der Waals surface area contributed by atoms with E-state index in [9.17, 15) is 8.42 Å². The van der Waals surface area contributed by atoms with E-state index >= 15 is 0 Å². The number of nitrogens with zero attached hydrogens (tertiary/aromatic N) is 3. The van der Waals surface area contributed by atoms with Gasteiger partial charge in [-0.2, -0.15) is 4.31 Å². The number of ether oxygens (including phenoxy) is 1. The molecular formula is C15H17ClN4O3S. The van der Waals surface area contributed by atoms with Crippen LogP contribution in [0.3, 0.4) is 0 Å². The molecule has 0 amide bonds. The Kier molecular flexibility index (Phi) is 5.30. The lowest BCUT2D eigenvalue weighted by Crippen LogP contribution is -2.40. The Morgan fingerprint density at radius 1 is 1.17 bits per heavy atom. The van der Waals surface area contributed by atoms with Crippen LogP contribution in [0.25, 0.3) is 0 Å². The minimum atomic E-state index is -3.46. The van der Waals surface area contributed by atoms with Gasteiger partial charge in [0, 0.05) is 19.6 Å². The van der Waals surface area contributed by atoms with Crippen molar-refractivity contribution in [2.45, 2.75) is 11.4 Å². The van der Waals surface area contributed by atoms with Crippen LogP contribution in [0.1, 0.15) is 5.56 Å². The van der Waals surface area contributed by atoms with E-state index in [2.05, 4.69) is 15.3 Å². The van der Waals surface area contributed by atoms with Crippen LogP contribution in [0, 0.1) is 0 Å². The van der Waals surface area contributed by atoms with E-state index in [1.54, 1.807) is 30.5 Å². The van der Waals surface area contributed by atoms with Crippen molar-refractivity contribution < 1.29 is 13.2 Å².